The van der Waals surface area contributed by atoms with Crippen LogP contribution in [0.2, 0.25) is 0 Å². The van der Waals surface area contributed by atoms with Crippen LogP contribution in [0.25, 0.3) is 0 Å². The molecule has 0 fully saturated rings. The van der Waals surface area contributed by atoms with Gasteiger partial charge < -0.3 is 25.4 Å². The molecule has 0 spiro atoms. The molecule has 2 aromatic rings. The van der Waals surface area contributed by atoms with Crippen molar-refractivity contribution in [2.75, 3.05) is 39.2 Å². The van der Waals surface area contributed by atoms with Crippen LogP contribution in [0.5, 0.6) is 11.5 Å². The maximum absolute atomic E-state index is 11.8. The van der Waals surface area contributed by atoms with E-state index < -0.39 is 0 Å². The van der Waals surface area contributed by atoms with E-state index in [1.54, 1.807) is 20.4 Å². The molecule has 0 saturated heterocycles. The number of methoxy groups -OCH3 is 2. The third kappa shape index (κ3) is 6.21. The van der Waals surface area contributed by atoms with Crippen molar-refractivity contribution in [3.8, 4) is 11.5 Å². The number of pyridine rings is 1. The highest BCUT2D eigenvalue weighted by atomic mass is 16.5. The number of hydrogen-bond donors (Lipinski definition) is 3. The zero-order chi connectivity index (χ0) is 17.9. The van der Waals surface area contributed by atoms with Gasteiger partial charge in [0.15, 0.2) is 11.5 Å². The van der Waals surface area contributed by atoms with Crippen molar-refractivity contribution < 1.29 is 14.3 Å². The van der Waals surface area contributed by atoms with E-state index in [2.05, 4.69) is 20.9 Å². The highest BCUT2D eigenvalue weighted by molar-refractivity contribution is 5.73. The number of carbonyl (C=O) groups excluding carboxylic acids is 1. The van der Waals surface area contributed by atoms with Gasteiger partial charge in [-0.25, -0.2) is 9.78 Å². The molecule has 1 aromatic heterocycles. The Bertz CT molecular complexity index is 665. The van der Waals surface area contributed by atoms with Gasteiger partial charge in [0.05, 0.1) is 14.2 Å². The minimum atomic E-state index is -0.191. The number of nitrogens with one attached hydrogen (secondary N) is 3. The van der Waals surface area contributed by atoms with Gasteiger partial charge in [-0.05, 0) is 36.2 Å². The molecule has 1 aromatic carbocycles. The molecule has 25 heavy (non-hydrogen) atoms. The molecule has 1 heterocycles. The molecule has 3 N–H and O–H groups in total. The van der Waals surface area contributed by atoms with Crippen LogP contribution >= 0.6 is 0 Å². The number of urea groups is 1. The maximum atomic E-state index is 11.8. The zero-order valence-electron chi connectivity index (χ0n) is 14.5. The first-order chi connectivity index (χ1) is 12.2. The van der Waals surface area contributed by atoms with Crippen LogP contribution < -0.4 is 25.4 Å². The molecule has 7 heteroatoms. The van der Waals surface area contributed by atoms with E-state index >= 15 is 0 Å². The van der Waals surface area contributed by atoms with Crippen LogP contribution in [0.1, 0.15) is 5.56 Å². The van der Waals surface area contributed by atoms with Gasteiger partial charge in [0, 0.05) is 25.8 Å². The van der Waals surface area contributed by atoms with Crippen molar-refractivity contribution in [2.45, 2.75) is 6.42 Å². The van der Waals surface area contributed by atoms with Crippen LogP contribution in [0, 0.1) is 0 Å². The van der Waals surface area contributed by atoms with Crippen LogP contribution in [-0.2, 0) is 6.42 Å². The largest absolute Gasteiger partial charge is 0.493 e. The van der Waals surface area contributed by atoms with Gasteiger partial charge in [-0.3, -0.25) is 0 Å². The molecule has 134 valence electrons. The third-order valence-electron chi connectivity index (χ3n) is 3.53. The van der Waals surface area contributed by atoms with Crippen LogP contribution in [0.4, 0.5) is 10.6 Å². The molecular formula is C18H24N4O3. The number of amides is 2. The summed E-state index contributed by atoms with van der Waals surface area (Å²) in [7, 11) is 3.21. The van der Waals surface area contributed by atoms with Crippen molar-refractivity contribution in [1.82, 2.24) is 15.6 Å². The topological polar surface area (TPSA) is 84.5 Å². The van der Waals surface area contributed by atoms with Crippen molar-refractivity contribution >= 4 is 11.8 Å². The van der Waals surface area contributed by atoms with Gasteiger partial charge in [-0.2, -0.15) is 0 Å². The van der Waals surface area contributed by atoms with Gasteiger partial charge in [0.2, 0.25) is 0 Å². The summed E-state index contributed by atoms with van der Waals surface area (Å²) in [5.41, 5.74) is 1.06. The fourth-order valence-corrected chi connectivity index (χ4v) is 2.25. The Kier molecular flexibility index (Phi) is 7.37. The summed E-state index contributed by atoms with van der Waals surface area (Å²) in [6, 6.07) is 11.2. The average molecular weight is 344 g/mol. The monoisotopic (exact) mass is 344 g/mol. The number of rotatable bonds is 9. The SMILES string of the molecule is COc1ccc(CCNC(=O)NCCNc2ccccn2)cc1OC. The molecule has 0 unspecified atom stereocenters. The second-order valence-corrected chi connectivity index (χ2v) is 5.26. The van der Waals surface area contributed by atoms with E-state index in [1.807, 2.05) is 36.4 Å². The lowest BCUT2D eigenvalue weighted by molar-refractivity contribution is 0.241. The fourth-order valence-electron chi connectivity index (χ4n) is 2.25. The van der Waals surface area contributed by atoms with E-state index in [9.17, 15) is 4.79 Å². The molecule has 0 aliphatic heterocycles. The first kappa shape index (κ1) is 18.4. The minimum absolute atomic E-state index is 0.191. The van der Waals surface area contributed by atoms with Crippen LogP contribution in [0.3, 0.4) is 0 Å². The third-order valence-corrected chi connectivity index (χ3v) is 3.53. The molecular weight excluding hydrogens is 320 g/mol. The Morgan fingerprint density at radius 3 is 2.52 bits per heavy atom. The van der Waals surface area contributed by atoms with Crippen LogP contribution in [-0.4, -0.2) is 44.9 Å². The standard InChI is InChI=1S/C18H24N4O3/c1-24-15-7-6-14(13-16(15)25-2)8-10-21-18(23)22-12-11-20-17-5-3-4-9-19-17/h3-7,9,13H,8,10-12H2,1-2H3,(H,19,20)(H2,21,22,23). The van der Waals surface area contributed by atoms with E-state index in [-0.39, 0.29) is 6.03 Å². The fraction of sp³-hybridized carbons (Fsp3) is 0.333. The van der Waals surface area contributed by atoms with Crippen molar-refractivity contribution in [3.05, 3.63) is 48.2 Å². The van der Waals surface area contributed by atoms with E-state index in [0.29, 0.717) is 37.6 Å². The number of hydrogen-bond acceptors (Lipinski definition) is 5. The second-order valence-electron chi connectivity index (χ2n) is 5.26. The Hall–Kier alpha value is -2.96. The summed E-state index contributed by atoms with van der Waals surface area (Å²) in [6.07, 6.45) is 2.43. The first-order valence-electron chi connectivity index (χ1n) is 8.10. The Morgan fingerprint density at radius 1 is 1.00 bits per heavy atom. The number of benzene rings is 1. The van der Waals surface area contributed by atoms with E-state index in [0.717, 1.165) is 11.4 Å². The number of aromatic nitrogens is 1. The summed E-state index contributed by atoms with van der Waals surface area (Å²) in [5, 5.41) is 8.75. The molecule has 0 bridgehead atoms. The summed E-state index contributed by atoms with van der Waals surface area (Å²) in [5.74, 6) is 2.17. The van der Waals surface area contributed by atoms with E-state index in [1.165, 1.54) is 0 Å². The van der Waals surface area contributed by atoms with Gasteiger partial charge >= 0.3 is 6.03 Å². The number of anilines is 1. The first-order valence-corrected chi connectivity index (χ1v) is 8.10. The van der Waals surface area contributed by atoms with Crippen molar-refractivity contribution in [2.24, 2.45) is 0 Å². The summed E-state index contributed by atoms with van der Waals surface area (Å²) in [6.45, 7) is 1.66. The highest BCUT2D eigenvalue weighted by Crippen LogP contribution is 2.27. The van der Waals surface area contributed by atoms with Gasteiger partial charge in [0.25, 0.3) is 0 Å². The molecule has 0 saturated carbocycles. The number of carbonyl (C=O) groups is 1. The van der Waals surface area contributed by atoms with Gasteiger partial charge in [-0.1, -0.05) is 12.1 Å². The Morgan fingerprint density at radius 2 is 1.80 bits per heavy atom. The maximum Gasteiger partial charge on any atom is 0.314 e. The molecule has 7 nitrogen and oxygen atoms in total. The number of nitrogens with zero attached hydrogens (tertiary/aromatic N) is 1. The smallest absolute Gasteiger partial charge is 0.314 e. The summed E-state index contributed by atoms with van der Waals surface area (Å²) >= 11 is 0. The summed E-state index contributed by atoms with van der Waals surface area (Å²) in [4.78, 5) is 15.9. The number of ether oxygens (including phenoxy) is 2. The quantitative estimate of drug-likeness (QED) is 0.606. The zero-order valence-corrected chi connectivity index (χ0v) is 14.5. The minimum Gasteiger partial charge on any atom is -0.493 e. The highest BCUT2D eigenvalue weighted by Gasteiger charge is 2.05. The molecule has 2 rings (SSSR count). The van der Waals surface area contributed by atoms with Gasteiger partial charge in [-0.15, -0.1) is 0 Å². The predicted octanol–water partition coefficient (Wildman–Crippen LogP) is 2.05. The van der Waals surface area contributed by atoms with Crippen LogP contribution in [0.15, 0.2) is 42.6 Å². The average Bonchev–Trinajstić information content (AvgIpc) is 2.66. The van der Waals surface area contributed by atoms with Crippen molar-refractivity contribution in [1.29, 1.82) is 0 Å². The lowest BCUT2D eigenvalue weighted by Crippen LogP contribution is -2.38. The van der Waals surface area contributed by atoms with Crippen molar-refractivity contribution in [3.63, 3.8) is 0 Å². The molecule has 0 aliphatic carbocycles. The lowest BCUT2D eigenvalue weighted by Gasteiger charge is -2.11. The molecule has 0 aliphatic rings. The molecule has 2 amide bonds. The summed E-state index contributed by atoms with van der Waals surface area (Å²) < 4.78 is 10.5. The normalized spacial score (nSPS) is 10.0. The molecule has 0 atom stereocenters. The Labute approximate surface area is 147 Å². The Balaban J connectivity index is 1.63. The lowest BCUT2D eigenvalue weighted by atomic mass is 10.1. The predicted molar refractivity (Wildman–Crippen MR) is 97.4 cm³/mol. The van der Waals surface area contributed by atoms with E-state index in [4.69, 9.17) is 9.47 Å². The molecule has 0 radical (unpaired) electrons. The second kappa shape index (κ2) is 10.0. The van der Waals surface area contributed by atoms with Gasteiger partial charge in [0.1, 0.15) is 5.82 Å².